The van der Waals surface area contributed by atoms with Crippen molar-refractivity contribution >= 4 is 57.5 Å². The maximum atomic E-state index is 13.7. The van der Waals surface area contributed by atoms with E-state index in [1.165, 1.54) is 0 Å². The van der Waals surface area contributed by atoms with Gasteiger partial charge in [-0.3, -0.25) is 4.79 Å². The van der Waals surface area contributed by atoms with Crippen LogP contribution in [0.2, 0.25) is 0 Å². The average molecular weight is 490 g/mol. The molecule has 0 fully saturated rings. The van der Waals surface area contributed by atoms with E-state index >= 15 is 0 Å². The van der Waals surface area contributed by atoms with Gasteiger partial charge in [0.15, 0.2) is 5.78 Å². The smallest absolute Gasteiger partial charge is 0.336 e. The van der Waals surface area contributed by atoms with Gasteiger partial charge in [-0.15, -0.1) is 11.8 Å². The quantitative estimate of drug-likeness (QED) is 0.200. The van der Waals surface area contributed by atoms with Gasteiger partial charge in [0.1, 0.15) is 11.0 Å². The highest BCUT2D eigenvalue weighted by Crippen LogP contribution is 2.29. The summed E-state index contributed by atoms with van der Waals surface area (Å²) in [6.07, 6.45) is 2.15. The third kappa shape index (κ3) is 5.03. The number of carboxylic acid groups (broad SMARTS) is 1. The first-order valence-electron chi connectivity index (χ1n) is 10.5. The number of aromatic nitrogens is 2. The number of rotatable bonds is 8. The van der Waals surface area contributed by atoms with Gasteiger partial charge < -0.3 is 10.0 Å². The second-order valence-corrected chi connectivity index (χ2v) is 9.33. The monoisotopic (exact) mass is 489 g/mol. The van der Waals surface area contributed by atoms with E-state index in [-0.39, 0.29) is 23.4 Å². The molecule has 1 N–H and O–H groups in total. The molecule has 8 heteroatoms. The Morgan fingerprint density at radius 2 is 1.56 bits per heavy atom. The molecular weight excluding hydrogens is 466 g/mol. The standard InChI is InChI=1S/C26H23N3O3S2/c1-29(2)19-9-4-16(5-10-19)14-21(25(30)17-6-11-20(33-3)12-7-17)24(26(31)32)18-8-13-22-23(15-18)28-34-27-22/h4-13,15H,14H2,1-3H3,(H,31,32). The molecule has 3 aromatic carbocycles. The number of thioether (sulfide) groups is 1. The van der Waals surface area contributed by atoms with Gasteiger partial charge in [0.05, 0.1) is 17.3 Å². The molecule has 0 radical (unpaired) electrons. The summed E-state index contributed by atoms with van der Waals surface area (Å²) in [5, 5.41) is 10.2. The fourth-order valence-corrected chi connectivity index (χ4v) is 4.60. The first-order chi connectivity index (χ1) is 16.4. The van der Waals surface area contributed by atoms with Gasteiger partial charge in [-0.25, -0.2) is 4.79 Å². The predicted octanol–water partition coefficient (Wildman–Crippen LogP) is 5.44. The molecule has 1 aromatic heterocycles. The van der Waals surface area contributed by atoms with Gasteiger partial charge in [-0.2, -0.15) is 8.75 Å². The molecular formula is C26H23N3O3S2. The summed E-state index contributed by atoms with van der Waals surface area (Å²) in [5.74, 6) is -1.46. The van der Waals surface area contributed by atoms with E-state index in [0.717, 1.165) is 27.9 Å². The van der Waals surface area contributed by atoms with Crippen LogP contribution < -0.4 is 4.90 Å². The number of allylic oxidation sites excluding steroid dienone is 1. The zero-order chi connectivity index (χ0) is 24.2. The van der Waals surface area contributed by atoms with Crippen LogP contribution in [0.3, 0.4) is 0 Å². The molecule has 0 aliphatic rings. The predicted molar refractivity (Wildman–Crippen MR) is 139 cm³/mol. The average Bonchev–Trinajstić information content (AvgIpc) is 3.31. The van der Waals surface area contributed by atoms with E-state index in [1.54, 1.807) is 42.1 Å². The topological polar surface area (TPSA) is 83.4 Å². The van der Waals surface area contributed by atoms with E-state index in [4.69, 9.17) is 0 Å². The van der Waals surface area contributed by atoms with Crippen molar-refractivity contribution in [3.8, 4) is 0 Å². The van der Waals surface area contributed by atoms with E-state index in [0.29, 0.717) is 22.2 Å². The number of anilines is 1. The summed E-state index contributed by atoms with van der Waals surface area (Å²) in [4.78, 5) is 29.2. The Morgan fingerprint density at radius 3 is 2.18 bits per heavy atom. The van der Waals surface area contributed by atoms with Crippen molar-refractivity contribution in [1.82, 2.24) is 8.75 Å². The summed E-state index contributed by atoms with van der Waals surface area (Å²) in [6.45, 7) is 0. The molecule has 0 saturated heterocycles. The number of carboxylic acids is 1. The molecule has 34 heavy (non-hydrogen) atoms. The Balaban J connectivity index is 1.86. The number of ketones is 1. The minimum absolute atomic E-state index is 0.0227. The SMILES string of the molecule is CSc1ccc(C(=O)C(Cc2ccc(N(C)C)cc2)=C(C(=O)O)c2ccc3nsnc3c2)cc1. The molecule has 4 aromatic rings. The molecule has 0 spiro atoms. The highest BCUT2D eigenvalue weighted by molar-refractivity contribution is 7.98. The van der Waals surface area contributed by atoms with Crippen LogP contribution in [0.1, 0.15) is 21.5 Å². The van der Waals surface area contributed by atoms with Gasteiger partial charge in [0.25, 0.3) is 0 Å². The summed E-state index contributed by atoms with van der Waals surface area (Å²) >= 11 is 2.65. The molecule has 0 bridgehead atoms. The van der Waals surface area contributed by atoms with Gasteiger partial charge >= 0.3 is 5.97 Å². The molecule has 0 unspecified atom stereocenters. The highest BCUT2D eigenvalue weighted by Gasteiger charge is 2.24. The number of carbonyl (C=O) groups is 2. The third-order valence-electron chi connectivity index (χ3n) is 5.52. The summed E-state index contributed by atoms with van der Waals surface area (Å²) < 4.78 is 8.43. The lowest BCUT2D eigenvalue weighted by Crippen LogP contribution is -2.14. The van der Waals surface area contributed by atoms with Gasteiger partial charge in [-0.05, 0) is 65.9 Å². The molecule has 0 saturated carbocycles. The number of nitrogens with zero attached hydrogens (tertiary/aromatic N) is 3. The molecule has 172 valence electrons. The normalized spacial score (nSPS) is 11.9. The van der Waals surface area contributed by atoms with Gasteiger partial charge in [-0.1, -0.05) is 18.2 Å². The number of fused-ring (bicyclic) bond motifs is 1. The number of carbonyl (C=O) groups excluding carboxylic acids is 1. The molecule has 0 atom stereocenters. The maximum absolute atomic E-state index is 13.7. The van der Waals surface area contributed by atoms with Crippen LogP contribution in [0, 0.1) is 0 Å². The second-order valence-electron chi connectivity index (χ2n) is 7.92. The molecule has 0 amide bonds. The van der Waals surface area contributed by atoms with Crippen LogP contribution in [0.25, 0.3) is 16.6 Å². The van der Waals surface area contributed by atoms with Crippen LogP contribution in [-0.4, -0.2) is 46.0 Å². The van der Waals surface area contributed by atoms with Crippen molar-refractivity contribution in [2.24, 2.45) is 0 Å². The first-order valence-corrected chi connectivity index (χ1v) is 12.5. The zero-order valence-electron chi connectivity index (χ0n) is 19.0. The van der Waals surface area contributed by atoms with Gasteiger partial charge in [0.2, 0.25) is 0 Å². The van der Waals surface area contributed by atoms with E-state index < -0.39 is 5.97 Å². The number of aliphatic carboxylic acids is 1. The Kier molecular flexibility index (Phi) is 7.09. The fourth-order valence-electron chi connectivity index (χ4n) is 3.68. The summed E-state index contributed by atoms with van der Waals surface area (Å²) in [7, 11) is 3.91. The lowest BCUT2D eigenvalue weighted by atomic mass is 9.89. The van der Waals surface area contributed by atoms with E-state index in [1.807, 2.05) is 61.6 Å². The molecule has 1 heterocycles. The lowest BCUT2D eigenvalue weighted by Gasteiger charge is -2.15. The van der Waals surface area contributed by atoms with Crippen molar-refractivity contribution in [3.05, 3.63) is 89.0 Å². The number of hydrogen-bond donors (Lipinski definition) is 1. The van der Waals surface area contributed by atoms with Crippen LogP contribution in [-0.2, 0) is 11.2 Å². The Hall–Kier alpha value is -3.49. The minimum Gasteiger partial charge on any atom is -0.478 e. The first kappa shape index (κ1) is 23.7. The Labute approximate surface area is 206 Å². The highest BCUT2D eigenvalue weighted by atomic mass is 32.2. The zero-order valence-corrected chi connectivity index (χ0v) is 20.6. The van der Waals surface area contributed by atoms with Crippen LogP contribution in [0.15, 0.2) is 77.2 Å². The molecule has 0 aliphatic carbocycles. The molecule has 4 rings (SSSR count). The Morgan fingerprint density at radius 1 is 0.912 bits per heavy atom. The van der Waals surface area contributed by atoms with Gasteiger partial charge in [0, 0.05) is 42.2 Å². The largest absolute Gasteiger partial charge is 0.478 e. The van der Waals surface area contributed by atoms with Crippen LogP contribution in [0.4, 0.5) is 5.69 Å². The fraction of sp³-hybridized carbons (Fsp3) is 0.154. The van der Waals surface area contributed by atoms with Crippen molar-refractivity contribution < 1.29 is 14.7 Å². The molecule has 6 nitrogen and oxygen atoms in total. The maximum Gasteiger partial charge on any atom is 0.336 e. The second kappa shape index (κ2) is 10.2. The van der Waals surface area contributed by atoms with Crippen molar-refractivity contribution in [3.63, 3.8) is 0 Å². The Bertz CT molecular complexity index is 1370. The van der Waals surface area contributed by atoms with Crippen LogP contribution >= 0.6 is 23.5 Å². The third-order valence-corrected chi connectivity index (χ3v) is 6.82. The minimum atomic E-state index is -1.16. The van der Waals surface area contributed by atoms with E-state index in [2.05, 4.69) is 8.75 Å². The van der Waals surface area contributed by atoms with Crippen molar-refractivity contribution in [1.29, 1.82) is 0 Å². The van der Waals surface area contributed by atoms with E-state index in [9.17, 15) is 14.7 Å². The number of Topliss-reactive ketones (excluding diaryl/α,β-unsaturated/α-hetero) is 1. The van der Waals surface area contributed by atoms with Crippen molar-refractivity contribution in [2.45, 2.75) is 11.3 Å². The van der Waals surface area contributed by atoms with Crippen molar-refractivity contribution in [2.75, 3.05) is 25.3 Å². The number of hydrogen-bond acceptors (Lipinski definition) is 7. The number of benzene rings is 3. The summed E-state index contributed by atoms with van der Waals surface area (Å²) in [6, 6.07) is 20.1. The lowest BCUT2D eigenvalue weighted by molar-refractivity contribution is -0.130. The van der Waals surface area contributed by atoms with Crippen LogP contribution in [0.5, 0.6) is 0 Å². The summed E-state index contributed by atoms with van der Waals surface area (Å²) in [5.41, 5.74) is 4.26. The molecule has 0 aliphatic heterocycles.